The maximum atomic E-state index is 12.2. The first-order chi connectivity index (χ1) is 9.80. The summed E-state index contributed by atoms with van der Waals surface area (Å²) in [6, 6.07) is 2.14. The fourth-order valence-electron chi connectivity index (χ4n) is 1.84. The van der Waals surface area contributed by atoms with Gasteiger partial charge in [0.05, 0.1) is 5.25 Å². The van der Waals surface area contributed by atoms with Gasteiger partial charge in [-0.05, 0) is 40.2 Å². The summed E-state index contributed by atoms with van der Waals surface area (Å²) in [4.78, 5) is 23.1. The van der Waals surface area contributed by atoms with Crippen LogP contribution in [0.5, 0.6) is 0 Å². The molecule has 0 aromatic carbocycles. The Labute approximate surface area is 133 Å². The van der Waals surface area contributed by atoms with E-state index in [4.69, 9.17) is 0 Å². The van der Waals surface area contributed by atoms with Crippen molar-refractivity contribution in [2.45, 2.75) is 56.9 Å². The van der Waals surface area contributed by atoms with Crippen LogP contribution in [0.4, 0.5) is 0 Å². The number of rotatable bonds is 4. The second-order valence-corrected chi connectivity index (χ2v) is 8.41. The summed E-state index contributed by atoms with van der Waals surface area (Å²) >= 11 is 3.18. The van der Waals surface area contributed by atoms with Gasteiger partial charge in [-0.1, -0.05) is 18.7 Å². The number of carbonyl (C=O) groups is 1. The predicted molar refractivity (Wildman–Crippen MR) is 90.0 cm³/mol. The highest BCUT2D eigenvalue weighted by atomic mass is 32.2. The van der Waals surface area contributed by atoms with Crippen LogP contribution in [0, 0.1) is 0 Å². The van der Waals surface area contributed by atoms with Crippen molar-refractivity contribution in [2.24, 2.45) is 0 Å². The normalized spacial score (nSPS) is 13.4. The number of hydrogen-bond acceptors (Lipinski definition) is 5. The van der Waals surface area contributed by atoms with Gasteiger partial charge in [0.25, 0.3) is 0 Å². The third-order valence-electron chi connectivity index (χ3n) is 2.85. The molecule has 1 N–H and O–H groups in total. The number of aryl methyl sites for hydroxylation is 1. The predicted octanol–water partition coefficient (Wildman–Crippen LogP) is 3.65. The van der Waals surface area contributed by atoms with Gasteiger partial charge in [0.2, 0.25) is 5.91 Å². The summed E-state index contributed by atoms with van der Waals surface area (Å²) < 4.78 is 0. The number of nitrogens with one attached hydrogen (secondary N) is 1. The molecule has 2 aromatic rings. The first kappa shape index (κ1) is 16.2. The fraction of sp³-hybridized carbons (Fsp3) is 0.533. The zero-order chi connectivity index (χ0) is 15.6. The van der Waals surface area contributed by atoms with Gasteiger partial charge in [-0.25, -0.2) is 9.97 Å². The molecule has 1 unspecified atom stereocenters. The number of aromatic nitrogens is 2. The van der Waals surface area contributed by atoms with Gasteiger partial charge in [0.1, 0.15) is 16.2 Å². The van der Waals surface area contributed by atoms with Gasteiger partial charge in [-0.15, -0.1) is 11.3 Å². The quantitative estimate of drug-likeness (QED) is 0.689. The Morgan fingerprint density at radius 2 is 2.14 bits per heavy atom. The van der Waals surface area contributed by atoms with Crippen LogP contribution in [0.2, 0.25) is 0 Å². The summed E-state index contributed by atoms with van der Waals surface area (Å²) in [5, 5.41) is 4.75. The van der Waals surface area contributed by atoms with Gasteiger partial charge in [0.15, 0.2) is 0 Å². The molecule has 1 atom stereocenters. The summed E-state index contributed by atoms with van der Waals surface area (Å²) in [7, 11) is 0. The maximum absolute atomic E-state index is 12.2. The van der Waals surface area contributed by atoms with Crippen LogP contribution >= 0.6 is 23.1 Å². The van der Waals surface area contributed by atoms with Crippen molar-refractivity contribution in [3.05, 3.63) is 17.3 Å². The molecule has 0 saturated heterocycles. The van der Waals surface area contributed by atoms with Crippen molar-refractivity contribution in [3.8, 4) is 0 Å². The summed E-state index contributed by atoms with van der Waals surface area (Å²) in [5.41, 5.74) is -0.218. The third-order valence-corrected chi connectivity index (χ3v) is 5.15. The standard InChI is InChI=1S/C15H21N3OS2/c1-6-10-7-11-13(16-8-17-14(11)21-10)20-9(2)12(19)18-15(3,4)5/h7-9H,6H2,1-5H3,(H,18,19). The topological polar surface area (TPSA) is 54.9 Å². The van der Waals surface area contributed by atoms with E-state index in [2.05, 4.69) is 28.3 Å². The molecule has 0 bridgehead atoms. The molecule has 0 aliphatic rings. The number of fused-ring (bicyclic) bond motifs is 1. The van der Waals surface area contributed by atoms with E-state index in [1.807, 2.05) is 27.7 Å². The molecule has 4 nitrogen and oxygen atoms in total. The summed E-state index contributed by atoms with van der Waals surface area (Å²) in [6.07, 6.45) is 2.57. The van der Waals surface area contributed by atoms with Crippen molar-refractivity contribution in [2.75, 3.05) is 0 Å². The molecular weight excluding hydrogens is 302 g/mol. The Balaban J connectivity index is 2.19. The molecule has 0 fully saturated rings. The van der Waals surface area contributed by atoms with Gasteiger partial charge in [-0.3, -0.25) is 4.79 Å². The number of carbonyl (C=O) groups excluding carboxylic acids is 1. The minimum atomic E-state index is -0.218. The number of thioether (sulfide) groups is 1. The molecule has 0 aliphatic carbocycles. The Morgan fingerprint density at radius 1 is 1.43 bits per heavy atom. The number of amides is 1. The van der Waals surface area contributed by atoms with E-state index in [1.165, 1.54) is 16.6 Å². The van der Waals surface area contributed by atoms with E-state index in [0.717, 1.165) is 21.7 Å². The fourth-order valence-corrected chi connectivity index (χ4v) is 3.73. The van der Waals surface area contributed by atoms with Crippen molar-refractivity contribution in [1.29, 1.82) is 0 Å². The molecule has 0 spiro atoms. The Bertz CT molecular complexity index is 646. The van der Waals surface area contributed by atoms with E-state index in [9.17, 15) is 4.79 Å². The second kappa shape index (κ2) is 6.32. The average Bonchev–Trinajstić information content (AvgIpc) is 2.80. The van der Waals surface area contributed by atoms with E-state index >= 15 is 0 Å². The van der Waals surface area contributed by atoms with E-state index in [0.29, 0.717) is 0 Å². The minimum Gasteiger partial charge on any atom is -0.351 e. The third kappa shape index (κ3) is 4.17. The highest BCUT2D eigenvalue weighted by Crippen LogP contribution is 2.33. The molecule has 114 valence electrons. The SMILES string of the molecule is CCc1cc2c(SC(C)C(=O)NC(C)(C)C)ncnc2s1. The lowest BCUT2D eigenvalue weighted by Gasteiger charge is -2.22. The monoisotopic (exact) mass is 323 g/mol. The van der Waals surface area contributed by atoms with Crippen molar-refractivity contribution in [3.63, 3.8) is 0 Å². The highest BCUT2D eigenvalue weighted by molar-refractivity contribution is 8.00. The van der Waals surface area contributed by atoms with Gasteiger partial charge in [-0.2, -0.15) is 0 Å². The van der Waals surface area contributed by atoms with Crippen molar-refractivity contribution in [1.82, 2.24) is 15.3 Å². The molecule has 2 aromatic heterocycles. The van der Waals surface area contributed by atoms with Crippen molar-refractivity contribution >= 4 is 39.2 Å². The lowest BCUT2D eigenvalue weighted by atomic mass is 10.1. The first-order valence-electron chi connectivity index (χ1n) is 7.02. The van der Waals surface area contributed by atoms with Gasteiger partial charge >= 0.3 is 0 Å². The van der Waals surface area contributed by atoms with E-state index in [1.54, 1.807) is 17.7 Å². The lowest BCUT2D eigenvalue weighted by Crippen LogP contribution is -2.44. The van der Waals surface area contributed by atoms with Gasteiger partial charge in [0, 0.05) is 15.8 Å². The molecule has 0 radical (unpaired) electrons. The van der Waals surface area contributed by atoms with Crippen LogP contribution < -0.4 is 5.32 Å². The van der Waals surface area contributed by atoms with Crippen LogP contribution in [0.3, 0.4) is 0 Å². The first-order valence-corrected chi connectivity index (χ1v) is 8.72. The Kier molecular flexibility index (Phi) is 4.88. The minimum absolute atomic E-state index is 0.0326. The smallest absolute Gasteiger partial charge is 0.233 e. The average molecular weight is 323 g/mol. The number of thiophene rings is 1. The van der Waals surface area contributed by atoms with Gasteiger partial charge < -0.3 is 5.32 Å². The van der Waals surface area contributed by atoms with Crippen molar-refractivity contribution < 1.29 is 4.79 Å². The number of hydrogen-bond donors (Lipinski definition) is 1. The van der Waals surface area contributed by atoms with Crippen LogP contribution in [0.25, 0.3) is 10.2 Å². The van der Waals surface area contributed by atoms with Crippen LogP contribution in [0.1, 0.15) is 39.5 Å². The zero-order valence-corrected chi connectivity index (χ0v) is 14.7. The second-order valence-electron chi connectivity index (χ2n) is 5.96. The molecule has 1 amide bonds. The van der Waals surface area contributed by atoms with E-state index < -0.39 is 0 Å². The Morgan fingerprint density at radius 3 is 2.76 bits per heavy atom. The van der Waals surface area contributed by atoms with Crippen LogP contribution in [0.15, 0.2) is 17.4 Å². The molecule has 0 aliphatic heterocycles. The largest absolute Gasteiger partial charge is 0.351 e. The Hall–Kier alpha value is -1.14. The maximum Gasteiger partial charge on any atom is 0.233 e. The molecule has 0 saturated carbocycles. The zero-order valence-electron chi connectivity index (χ0n) is 13.1. The molecule has 2 rings (SSSR count). The summed E-state index contributed by atoms with van der Waals surface area (Å²) in [5.74, 6) is 0.0326. The van der Waals surface area contributed by atoms with E-state index in [-0.39, 0.29) is 16.7 Å². The molecule has 6 heteroatoms. The number of nitrogens with zero attached hydrogens (tertiary/aromatic N) is 2. The molecular formula is C15H21N3OS2. The van der Waals surface area contributed by atoms with Crippen LogP contribution in [-0.2, 0) is 11.2 Å². The molecule has 21 heavy (non-hydrogen) atoms. The molecule has 2 heterocycles. The summed E-state index contributed by atoms with van der Waals surface area (Å²) in [6.45, 7) is 9.99. The highest BCUT2D eigenvalue weighted by Gasteiger charge is 2.21. The lowest BCUT2D eigenvalue weighted by molar-refractivity contribution is -0.121. The van der Waals surface area contributed by atoms with Crippen LogP contribution in [-0.4, -0.2) is 26.7 Å².